The maximum atomic E-state index is 5.60. The molecule has 1 rings (SSSR count). The molecule has 0 bridgehead atoms. The van der Waals surface area contributed by atoms with E-state index in [1.54, 1.807) is 11.3 Å². The van der Waals surface area contributed by atoms with E-state index in [9.17, 15) is 0 Å². The average molecular weight is 268 g/mol. The second kappa shape index (κ2) is 14.3. The van der Waals surface area contributed by atoms with Gasteiger partial charge in [0.15, 0.2) is 0 Å². The molecule has 0 unspecified atom stereocenters. The quantitative estimate of drug-likeness (QED) is 0.369. The van der Waals surface area contributed by atoms with Crippen molar-refractivity contribution >= 4 is 11.3 Å². The molecular formula is C16H28OS. The van der Waals surface area contributed by atoms with Crippen molar-refractivity contribution in [2.24, 2.45) is 0 Å². The molecule has 0 atom stereocenters. The van der Waals surface area contributed by atoms with E-state index in [1.807, 2.05) is 6.07 Å². The number of hydrogen-bond acceptors (Lipinski definition) is 2. The number of unbranched alkanes of at least 4 members (excludes halogenated alkanes) is 7. The topological polar surface area (TPSA) is 9.23 Å². The van der Waals surface area contributed by atoms with Crippen molar-refractivity contribution < 1.29 is 4.74 Å². The molecule has 0 aromatic carbocycles. The van der Waals surface area contributed by atoms with Gasteiger partial charge in [0.2, 0.25) is 0 Å². The van der Waals surface area contributed by atoms with Gasteiger partial charge in [0, 0.05) is 5.38 Å². The van der Waals surface area contributed by atoms with Crippen LogP contribution in [0.25, 0.3) is 0 Å². The number of thiophene rings is 1. The lowest BCUT2D eigenvalue weighted by atomic mass is 10.1. The van der Waals surface area contributed by atoms with E-state index >= 15 is 0 Å². The van der Waals surface area contributed by atoms with Crippen molar-refractivity contribution in [3.05, 3.63) is 30.0 Å². The molecule has 0 spiro atoms. The second-order valence-corrected chi connectivity index (χ2v) is 5.06. The lowest BCUT2D eigenvalue weighted by molar-refractivity contribution is 0.305. The molecular weight excluding hydrogens is 240 g/mol. The minimum Gasteiger partial charge on any atom is -0.493 e. The summed E-state index contributed by atoms with van der Waals surface area (Å²) in [6.07, 6.45) is 10.9. The van der Waals surface area contributed by atoms with Gasteiger partial charge in [-0.05, 0) is 17.9 Å². The van der Waals surface area contributed by atoms with Crippen LogP contribution in [0.15, 0.2) is 30.0 Å². The highest BCUT2D eigenvalue weighted by Crippen LogP contribution is 2.15. The number of hydrogen-bond donors (Lipinski definition) is 0. The fourth-order valence-electron chi connectivity index (χ4n) is 1.76. The Morgan fingerprint density at radius 3 is 2.17 bits per heavy atom. The van der Waals surface area contributed by atoms with Gasteiger partial charge < -0.3 is 4.74 Å². The van der Waals surface area contributed by atoms with Crippen LogP contribution >= 0.6 is 11.3 Å². The van der Waals surface area contributed by atoms with E-state index < -0.39 is 0 Å². The predicted molar refractivity (Wildman–Crippen MR) is 83.7 cm³/mol. The maximum Gasteiger partial charge on any atom is 0.129 e. The number of rotatable bonds is 10. The predicted octanol–water partition coefficient (Wildman–Crippen LogP) is 6.07. The Morgan fingerprint density at radius 2 is 1.61 bits per heavy atom. The van der Waals surface area contributed by atoms with Crippen LogP contribution in [0.1, 0.15) is 58.3 Å². The van der Waals surface area contributed by atoms with Gasteiger partial charge in [-0.1, -0.05) is 51.9 Å². The zero-order chi connectivity index (χ0) is 13.5. The first-order valence-corrected chi connectivity index (χ1v) is 8.02. The van der Waals surface area contributed by atoms with Crippen molar-refractivity contribution in [1.29, 1.82) is 0 Å². The van der Waals surface area contributed by atoms with Crippen molar-refractivity contribution in [2.75, 3.05) is 6.61 Å². The Labute approximate surface area is 117 Å². The zero-order valence-corrected chi connectivity index (χ0v) is 12.6. The average Bonchev–Trinajstić information content (AvgIpc) is 2.92. The van der Waals surface area contributed by atoms with Crippen LogP contribution in [0.3, 0.4) is 0 Å². The molecule has 1 aromatic heterocycles. The van der Waals surface area contributed by atoms with Gasteiger partial charge in [0.1, 0.15) is 5.75 Å². The highest BCUT2D eigenvalue weighted by atomic mass is 32.1. The molecule has 0 N–H and O–H groups in total. The lowest BCUT2D eigenvalue weighted by Crippen LogP contribution is -1.95. The van der Waals surface area contributed by atoms with Crippen LogP contribution in [-0.4, -0.2) is 6.61 Å². The minimum atomic E-state index is 0.881. The summed E-state index contributed by atoms with van der Waals surface area (Å²) in [7, 11) is 0. The zero-order valence-electron chi connectivity index (χ0n) is 11.8. The fraction of sp³-hybridized carbons (Fsp3) is 0.625. The first kappa shape index (κ1) is 17.2. The number of ether oxygens (including phenoxy) is 1. The van der Waals surface area contributed by atoms with Crippen molar-refractivity contribution in [3.8, 4) is 5.75 Å². The Morgan fingerprint density at radius 1 is 1.00 bits per heavy atom. The Bertz CT molecular complexity index is 244. The first-order chi connectivity index (χ1) is 8.93. The molecule has 18 heavy (non-hydrogen) atoms. The summed E-state index contributed by atoms with van der Waals surface area (Å²) < 4.78 is 5.60. The van der Waals surface area contributed by atoms with Gasteiger partial charge in [-0.15, -0.1) is 24.5 Å². The van der Waals surface area contributed by atoms with Gasteiger partial charge in [-0.25, -0.2) is 0 Å². The monoisotopic (exact) mass is 268 g/mol. The molecule has 2 heteroatoms. The summed E-state index contributed by atoms with van der Waals surface area (Å²) in [6, 6.07) is 2.04. The van der Waals surface area contributed by atoms with E-state index in [4.69, 9.17) is 4.74 Å². The third-order valence-corrected chi connectivity index (χ3v) is 3.42. The normalized spacial score (nSPS) is 9.61. The fourth-order valence-corrected chi connectivity index (χ4v) is 2.33. The van der Waals surface area contributed by atoms with E-state index in [1.165, 1.54) is 51.4 Å². The summed E-state index contributed by atoms with van der Waals surface area (Å²) in [6.45, 7) is 9.15. The summed E-state index contributed by atoms with van der Waals surface area (Å²) in [5.41, 5.74) is 0. The molecule has 0 saturated carbocycles. The van der Waals surface area contributed by atoms with Crippen molar-refractivity contribution in [1.82, 2.24) is 0 Å². The van der Waals surface area contributed by atoms with E-state index in [-0.39, 0.29) is 0 Å². The van der Waals surface area contributed by atoms with Crippen LogP contribution < -0.4 is 4.74 Å². The largest absolute Gasteiger partial charge is 0.493 e. The molecule has 1 nitrogen and oxygen atoms in total. The minimum absolute atomic E-state index is 0.881. The summed E-state index contributed by atoms with van der Waals surface area (Å²) >= 11 is 1.69. The third-order valence-electron chi connectivity index (χ3n) is 2.76. The summed E-state index contributed by atoms with van der Waals surface area (Å²) in [5, 5.41) is 4.12. The van der Waals surface area contributed by atoms with Crippen LogP contribution in [0, 0.1) is 0 Å². The van der Waals surface area contributed by atoms with Gasteiger partial charge in [-0.2, -0.15) is 0 Å². The molecule has 0 fully saturated rings. The molecule has 0 aliphatic rings. The van der Waals surface area contributed by atoms with Crippen LogP contribution in [-0.2, 0) is 0 Å². The van der Waals surface area contributed by atoms with Crippen LogP contribution in [0.5, 0.6) is 5.75 Å². The van der Waals surface area contributed by atoms with Crippen LogP contribution in [0.4, 0.5) is 0 Å². The lowest BCUT2D eigenvalue weighted by Gasteiger charge is -2.03. The van der Waals surface area contributed by atoms with E-state index in [2.05, 4.69) is 30.8 Å². The van der Waals surface area contributed by atoms with Crippen LogP contribution in [0.2, 0.25) is 0 Å². The van der Waals surface area contributed by atoms with Gasteiger partial charge in [0.25, 0.3) is 0 Å². The smallest absolute Gasteiger partial charge is 0.129 e. The van der Waals surface area contributed by atoms with E-state index in [0.717, 1.165) is 12.4 Å². The van der Waals surface area contributed by atoms with Gasteiger partial charge in [-0.3, -0.25) is 0 Å². The Balaban J connectivity index is 0.00000137. The molecule has 0 aliphatic heterocycles. The first-order valence-electron chi connectivity index (χ1n) is 7.08. The molecule has 0 saturated heterocycles. The Kier molecular flexibility index (Phi) is 13.7. The second-order valence-electron chi connectivity index (χ2n) is 4.28. The molecule has 0 aliphatic carbocycles. The maximum absolute atomic E-state index is 5.60. The molecule has 1 heterocycles. The third kappa shape index (κ3) is 10.4. The molecule has 0 amide bonds. The van der Waals surface area contributed by atoms with Crippen molar-refractivity contribution in [2.45, 2.75) is 58.3 Å². The highest BCUT2D eigenvalue weighted by Gasteiger charge is 1.94. The van der Waals surface area contributed by atoms with Gasteiger partial charge >= 0.3 is 0 Å². The molecule has 1 aromatic rings. The van der Waals surface area contributed by atoms with E-state index in [0.29, 0.717) is 0 Å². The molecule has 104 valence electrons. The Hall–Kier alpha value is -0.760. The van der Waals surface area contributed by atoms with Crippen molar-refractivity contribution in [3.63, 3.8) is 0 Å². The SMILES string of the molecule is C=C.CCCCCCCCCCOc1ccsc1. The molecule has 0 radical (unpaired) electrons. The van der Waals surface area contributed by atoms with Gasteiger partial charge in [0.05, 0.1) is 6.61 Å². The standard InChI is InChI=1S/C14H24OS.C2H4/c1-2-3-4-5-6-7-8-9-11-15-14-10-12-16-13-14;1-2/h10,12-13H,2-9,11H2,1H3;1-2H2. The summed E-state index contributed by atoms with van der Waals surface area (Å²) in [5.74, 6) is 1.04. The summed E-state index contributed by atoms with van der Waals surface area (Å²) in [4.78, 5) is 0. The highest BCUT2D eigenvalue weighted by molar-refractivity contribution is 7.08.